The quantitative estimate of drug-likeness (QED) is 0.573. The van der Waals surface area contributed by atoms with E-state index in [1.807, 2.05) is 0 Å². The van der Waals surface area contributed by atoms with Gasteiger partial charge in [-0.3, -0.25) is 10.1 Å². The van der Waals surface area contributed by atoms with Crippen molar-refractivity contribution in [1.29, 1.82) is 0 Å². The molecule has 3 N–H and O–H groups in total. The number of hydrogen-bond acceptors (Lipinski definition) is 7. The number of sulfonamides is 1. The van der Waals surface area contributed by atoms with Crippen LogP contribution in [-0.2, 0) is 14.8 Å². The second kappa shape index (κ2) is 7.24. The molecule has 10 heteroatoms. The summed E-state index contributed by atoms with van der Waals surface area (Å²) in [5, 5.41) is 20.0. The van der Waals surface area contributed by atoms with Crippen LogP contribution in [0.4, 0.5) is 11.4 Å². The van der Waals surface area contributed by atoms with Crippen molar-refractivity contribution in [1.82, 2.24) is 5.32 Å². The van der Waals surface area contributed by atoms with Crippen LogP contribution in [0.2, 0.25) is 0 Å². The molecule has 0 unspecified atom stereocenters. The SMILES string of the molecule is NS(=O)(=O)c1ccc(N(C2CCOCC2)[C@H]2CCNC2)c([N+](=O)[O-])c1. The van der Waals surface area contributed by atoms with Crippen molar-refractivity contribution < 1.29 is 18.1 Å². The molecule has 2 saturated heterocycles. The van der Waals surface area contributed by atoms with Gasteiger partial charge in [0.2, 0.25) is 10.0 Å². The van der Waals surface area contributed by atoms with E-state index in [4.69, 9.17) is 9.88 Å². The lowest BCUT2D eigenvalue weighted by atomic mass is 10.0. The van der Waals surface area contributed by atoms with Gasteiger partial charge in [0, 0.05) is 37.9 Å². The molecule has 0 bridgehead atoms. The van der Waals surface area contributed by atoms with Gasteiger partial charge in [0.05, 0.1) is 9.82 Å². The highest BCUT2D eigenvalue weighted by molar-refractivity contribution is 7.89. The van der Waals surface area contributed by atoms with Crippen molar-refractivity contribution in [3.8, 4) is 0 Å². The van der Waals surface area contributed by atoms with Crippen molar-refractivity contribution in [2.24, 2.45) is 5.14 Å². The summed E-state index contributed by atoms with van der Waals surface area (Å²) >= 11 is 0. The summed E-state index contributed by atoms with van der Waals surface area (Å²) in [5.41, 5.74) is 0.211. The third-order valence-corrected chi connectivity index (χ3v) is 5.67. The number of nitro groups is 1. The molecular formula is C15H22N4O5S. The van der Waals surface area contributed by atoms with Gasteiger partial charge in [0.15, 0.2) is 0 Å². The Kier molecular flexibility index (Phi) is 5.23. The molecule has 1 aromatic rings. The van der Waals surface area contributed by atoms with Crippen LogP contribution in [-0.4, -0.2) is 51.7 Å². The normalized spacial score (nSPS) is 22.0. The van der Waals surface area contributed by atoms with Crippen LogP contribution in [0.15, 0.2) is 23.1 Å². The van der Waals surface area contributed by atoms with Gasteiger partial charge in [0.1, 0.15) is 5.69 Å². The van der Waals surface area contributed by atoms with Gasteiger partial charge in [-0.1, -0.05) is 0 Å². The molecule has 0 saturated carbocycles. The second-order valence-electron chi connectivity index (χ2n) is 6.35. The molecule has 2 aliphatic rings. The molecule has 3 rings (SSSR count). The minimum absolute atomic E-state index is 0.123. The molecule has 0 amide bonds. The van der Waals surface area contributed by atoms with Gasteiger partial charge in [0.25, 0.3) is 5.69 Å². The Labute approximate surface area is 146 Å². The summed E-state index contributed by atoms with van der Waals surface area (Å²) in [6.45, 7) is 2.83. The van der Waals surface area contributed by atoms with Gasteiger partial charge in [-0.05, 0) is 37.9 Å². The van der Waals surface area contributed by atoms with E-state index in [0.29, 0.717) is 18.9 Å². The molecular weight excluding hydrogens is 348 g/mol. The molecule has 138 valence electrons. The van der Waals surface area contributed by atoms with Crippen LogP contribution in [0.5, 0.6) is 0 Å². The number of ether oxygens (including phenoxy) is 1. The maximum atomic E-state index is 11.6. The standard InChI is InChI=1S/C15H22N4O5S/c16-25(22,23)13-1-2-14(15(9-13)19(20)21)18(12-3-6-17-10-12)11-4-7-24-8-5-11/h1-2,9,11-12,17H,3-8,10H2,(H2,16,22,23)/t12-/m0/s1. The lowest BCUT2D eigenvalue weighted by Gasteiger charge is -2.39. The Morgan fingerprint density at radius 3 is 2.52 bits per heavy atom. The first-order valence-corrected chi connectivity index (χ1v) is 9.80. The summed E-state index contributed by atoms with van der Waals surface area (Å²) in [5.74, 6) is 0. The Bertz CT molecular complexity index is 742. The number of nitrogens with one attached hydrogen (secondary N) is 1. The van der Waals surface area contributed by atoms with Crippen LogP contribution in [0.3, 0.4) is 0 Å². The average molecular weight is 370 g/mol. The Balaban J connectivity index is 2.06. The molecule has 0 aromatic heterocycles. The van der Waals surface area contributed by atoms with Crippen LogP contribution < -0.4 is 15.4 Å². The highest BCUT2D eigenvalue weighted by Gasteiger charge is 2.34. The third-order valence-electron chi connectivity index (χ3n) is 4.76. The fourth-order valence-electron chi connectivity index (χ4n) is 3.58. The minimum Gasteiger partial charge on any atom is -0.381 e. The van der Waals surface area contributed by atoms with E-state index in [9.17, 15) is 18.5 Å². The first-order valence-electron chi connectivity index (χ1n) is 8.26. The molecule has 25 heavy (non-hydrogen) atoms. The largest absolute Gasteiger partial charge is 0.381 e. The van der Waals surface area contributed by atoms with Crippen LogP contribution in [0.25, 0.3) is 0 Å². The summed E-state index contributed by atoms with van der Waals surface area (Å²) in [7, 11) is -4.00. The zero-order valence-corrected chi connectivity index (χ0v) is 14.6. The maximum absolute atomic E-state index is 11.6. The van der Waals surface area contributed by atoms with Gasteiger partial charge in [-0.2, -0.15) is 0 Å². The van der Waals surface area contributed by atoms with Gasteiger partial charge in [-0.25, -0.2) is 13.6 Å². The summed E-state index contributed by atoms with van der Waals surface area (Å²) in [6.07, 6.45) is 2.45. The fourth-order valence-corrected chi connectivity index (χ4v) is 4.11. The van der Waals surface area contributed by atoms with Crippen LogP contribution in [0, 0.1) is 10.1 Å². The molecule has 2 fully saturated rings. The monoisotopic (exact) mass is 370 g/mol. The first-order chi connectivity index (χ1) is 11.9. The lowest BCUT2D eigenvalue weighted by Crippen LogP contribution is -2.47. The van der Waals surface area contributed by atoms with Crippen molar-refractivity contribution in [2.75, 3.05) is 31.2 Å². The summed E-state index contributed by atoms with van der Waals surface area (Å²) < 4.78 is 28.5. The van der Waals surface area contributed by atoms with Gasteiger partial charge < -0.3 is 15.0 Å². The molecule has 0 aliphatic carbocycles. The van der Waals surface area contributed by atoms with Gasteiger partial charge in [-0.15, -0.1) is 0 Å². The Hall–Kier alpha value is -1.75. The van der Waals surface area contributed by atoms with E-state index >= 15 is 0 Å². The number of rotatable bonds is 5. The maximum Gasteiger partial charge on any atom is 0.293 e. The van der Waals surface area contributed by atoms with Crippen LogP contribution >= 0.6 is 0 Å². The number of nitrogens with zero attached hydrogens (tertiary/aromatic N) is 2. The second-order valence-corrected chi connectivity index (χ2v) is 7.91. The predicted molar refractivity (Wildman–Crippen MR) is 92.1 cm³/mol. The molecule has 0 radical (unpaired) electrons. The number of benzene rings is 1. The molecule has 2 aliphatic heterocycles. The van der Waals surface area contributed by atoms with Crippen molar-refractivity contribution in [2.45, 2.75) is 36.2 Å². The molecule has 1 atom stereocenters. The van der Waals surface area contributed by atoms with E-state index in [2.05, 4.69) is 10.2 Å². The van der Waals surface area contributed by atoms with Crippen molar-refractivity contribution in [3.63, 3.8) is 0 Å². The van der Waals surface area contributed by atoms with E-state index in [1.54, 1.807) is 0 Å². The van der Waals surface area contributed by atoms with E-state index in [0.717, 1.165) is 38.4 Å². The molecule has 9 nitrogen and oxygen atoms in total. The summed E-state index contributed by atoms with van der Waals surface area (Å²) in [6, 6.07) is 4.15. The first kappa shape index (κ1) is 18.1. The summed E-state index contributed by atoms with van der Waals surface area (Å²) in [4.78, 5) is 12.9. The topological polar surface area (TPSA) is 128 Å². The zero-order valence-electron chi connectivity index (χ0n) is 13.8. The van der Waals surface area contributed by atoms with Crippen LogP contribution in [0.1, 0.15) is 19.3 Å². The van der Waals surface area contributed by atoms with E-state index < -0.39 is 14.9 Å². The number of primary sulfonamides is 1. The highest BCUT2D eigenvalue weighted by atomic mass is 32.2. The van der Waals surface area contributed by atoms with Crippen molar-refractivity contribution >= 4 is 21.4 Å². The predicted octanol–water partition coefficient (Wildman–Crippen LogP) is 0.590. The molecule has 2 heterocycles. The van der Waals surface area contributed by atoms with E-state index in [-0.39, 0.29) is 22.7 Å². The Morgan fingerprint density at radius 1 is 1.24 bits per heavy atom. The highest BCUT2D eigenvalue weighted by Crippen LogP contribution is 2.36. The number of hydrogen-bond donors (Lipinski definition) is 2. The number of anilines is 1. The molecule has 0 spiro atoms. The van der Waals surface area contributed by atoms with Crippen molar-refractivity contribution in [3.05, 3.63) is 28.3 Å². The van der Waals surface area contributed by atoms with Gasteiger partial charge >= 0.3 is 0 Å². The lowest BCUT2D eigenvalue weighted by molar-refractivity contribution is -0.384. The fraction of sp³-hybridized carbons (Fsp3) is 0.600. The zero-order chi connectivity index (χ0) is 18.0. The molecule has 1 aromatic carbocycles. The minimum atomic E-state index is -4.00. The third kappa shape index (κ3) is 3.92. The Morgan fingerprint density at radius 2 is 1.96 bits per heavy atom. The average Bonchev–Trinajstić information content (AvgIpc) is 3.09. The smallest absolute Gasteiger partial charge is 0.293 e. The number of nitro benzene ring substituents is 1. The number of nitrogens with two attached hydrogens (primary N) is 1. The van der Waals surface area contributed by atoms with E-state index in [1.165, 1.54) is 12.1 Å².